The molecule has 1 atom stereocenters. The Morgan fingerprint density at radius 1 is 0.763 bits per heavy atom. The van der Waals surface area contributed by atoms with Crippen molar-refractivity contribution < 1.29 is 28.4 Å². The van der Waals surface area contributed by atoms with Crippen LogP contribution in [0.25, 0.3) is 4.85 Å². The number of benzene rings is 3. The first-order chi connectivity index (χ1) is 28.5. The predicted octanol–water partition coefficient (Wildman–Crippen LogP) is 5.35. The van der Waals surface area contributed by atoms with Crippen molar-refractivity contribution in [1.29, 1.82) is 0 Å². The number of amides is 5. The Morgan fingerprint density at radius 3 is 2.05 bits per heavy atom. The summed E-state index contributed by atoms with van der Waals surface area (Å²) in [6.07, 6.45) is 4.96. The highest BCUT2D eigenvalue weighted by atomic mass is 35.5. The standard InChI is InChI=1S/C44H46ClFN8O5/c1-47-36-7-6-31(24-34(36)45)53-19-14-44(27-53)12-17-49(18-13-44)29-4-2-28(3-5-29)41(57)52-22-20-50(21-23-52)30-10-15-51(16-11-30)38-26-33-32(25-35(38)46)42(58)54(43(33)59)37-8-9-39(55)48-40(37)56/h2-7,24-26,30,37H,8-23,27H2,(H,48,55,56). The zero-order valence-electron chi connectivity index (χ0n) is 32.8. The average Bonchev–Trinajstić information content (AvgIpc) is 3.77. The number of piperidine rings is 3. The molecule has 6 aliphatic rings. The molecular weight excluding hydrogens is 775 g/mol. The lowest BCUT2D eigenvalue weighted by Gasteiger charge is -2.43. The second kappa shape index (κ2) is 15.6. The van der Waals surface area contributed by atoms with Gasteiger partial charge in [0, 0.05) is 99.9 Å². The third-order valence-electron chi connectivity index (χ3n) is 13.6. The summed E-state index contributed by atoms with van der Waals surface area (Å²) in [6, 6.07) is 15.5. The molecule has 306 valence electrons. The van der Waals surface area contributed by atoms with Crippen LogP contribution in [0.15, 0.2) is 54.6 Å². The predicted molar refractivity (Wildman–Crippen MR) is 221 cm³/mol. The summed E-state index contributed by atoms with van der Waals surface area (Å²) in [5, 5.41) is 2.69. The van der Waals surface area contributed by atoms with Crippen LogP contribution < -0.4 is 20.0 Å². The van der Waals surface area contributed by atoms with Gasteiger partial charge in [-0.3, -0.25) is 39.1 Å². The summed E-state index contributed by atoms with van der Waals surface area (Å²) in [5.41, 5.74) is 3.92. The van der Waals surface area contributed by atoms with Crippen LogP contribution in [-0.4, -0.2) is 122 Å². The van der Waals surface area contributed by atoms with Crippen LogP contribution >= 0.6 is 11.6 Å². The van der Waals surface area contributed by atoms with E-state index in [1.165, 1.54) is 6.07 Å². The smallest absolute Gasteiger partial charge is 0.262 e. The summed E-state index contributed by atoms with van der Waals surface area (Å²) in [4.78, 5) is 79.5. The number of imide groups is 2. The van der Waals surface area contributed by atoms with Gasteiger partial charge in [0.15, 0.2) is 0 Å². The van der Waals surface area contributed by atoms with Crippen LogP contribution in [-0.2, 0) is 9.59 Å². The minimum atomic E-state index is -1.10. The molecule has 15 heteroatoms. The number of hydrogen-bond acceptors (Lipinski definition) is 9. The van der Waals surface area contributed by atoms with E-state index in [0.29, 0.717) is 42.5 Å². The molecular formula is C44H46ClFN8O5. The minimum absolute atomic E-state index is 0.0143. The van der Waals surface area contributed by atoms with Crippen molar-refractivity contribution in [3.8, 4) is 0 Å². The Kier molecular flexibility index (Phi) is 10.3. The van der Waals surface area contributed by atoms with Gasteiger partial charge in [-0.1, -0.05) is 17.7 Å². The Labute approximate surface area is 347 Å². The molecule has 1 unspecified atom stereocenters. The number of fused-ring (bicyclic) bond motifs is 1. The fraction of sp³-hybridized carbons (Fsp3) is 0.455. The van der Waals surface area contributed by atoms with Crippen molar-refractivity contribution in [3.63, 3.8) is 0 Å². The molecule has 6 aliphatic heterocycles. The lowest BCUT2D eigenvalue weighted by Crippen LogP contribution is -2.54. The van der Waals surface area contributed by atoms with Crippen LogP contribution in [0.1, 0.15) is 76.0 Å². The van der Waals surface area contributed by atoms with Gasteiger partial charge >= 0.3 is 0 Å². The molecule has 5 amide bonds. The van der Waals surface area contributed by atoms with E-state index in [4.69, 9.17) is 18.2 Å². The molecule has 3 aromatic carbocycles. The molecule has 0 bridgehead atoms. The van der Waals surface area contributed by atoms with E-state index in [0.717, 1.165) is 93.7 Å². The molecule has 1 spiro atoms. The zero-order chi connectivity index (χ0) is 41.0. The van der Waals surface area contributed by atoms with Crippen molar-refractivity contribution in [2.24, 2.45) is 5.41 Å². The monoisotopic (exact) mass is 820 g/mol. The van der Waals surface area contributed by atoms with Gasteiger partial charge in [0.25, 0.3) is 17.7 Å². The summed E-state index contributed by atoms with van der Waals surface area (Å²) in [6.45, 7) is 15.1. The number of nitrogens with zero attached hydrogens (tertiary/aromatic N) is 7. The number of piperazine rings is 1. The number of rotatable bonds is 6. The molecule has 1 N–H and O–H groups in total. The first-order valence-corrected chi connectivity index (χ1v) is 21.0. The third-order valence-corrected chi connectivity index (χ3v) is 13.9. The second-order valence-corrected chi connectivity index (χ2v) is 17.2. The van der Waals surface area contributed by atoms with Crippen molar-refractivity contribution in [3.05, 3.63) is 93.5 Å². The summed E-state index contributed by atoms with van der Waals surface area (Å²) >= 11 is 6.34. The molecule has 5 saturated heterocycles. The van der Waals surface area contributed by atoms with Gasteiger partial charge < -0.3 is 19.6 Å². The van der Waals surface area contributed by atoms with Gasteiger partial charge in [0.05, 0.1) is 23.4 Å². The highest BCUT2D eigenvalue weighted by molar-refractivity contribution is 6.33. The Morgan fingerprint density at radius 2 is 1.41 bits per heavy atom. The summed E-state index contributed by atoms with van der Waals surface area (Å²) in [5.74, 6) is -3.09. The third kappa shape index (κ3) is 7.29. The molecule has 0 aliphatic carbocycles. The lowest BCUT2D eigenvalue weighted by molar-refractivity contribution is -0.136. The molecule has 3 aromatic rings. The Balaban J connectivity index is 0.741. The SMILES string of the molecule is [C-]#[N+]c1ccc(N2CCC3(CCN(c4ccc(C(=O)N5CCN(C6CCN(c7cc8c(cc7F)C(=O)N(C7CCC(=O)NC7=O)C8=O)CC6)CC5)cc4)CC3)C2)cc1Cl. The Bertz CT molecular complexity index is 2260. The quantitative estimate of drug-likeness (QED) is 0.259. The molecule has 9 rings (SSSR count). The van der Waals surface area contributed by atoms with E-state index < -0.39 is 35.5 Å². The number of anilines is 3. The number of nitrogens with one attached hydrogen (secondary N) is 1. The van der Waals surface area contributed by atoms with E-state index >= 15 is 4.39 Å². The van der Waals surface area contributed by atoms with E-state index in [1.54, 1.807) is 0 Å². The van der Waals surface area contributed by atoms with Crippen LogP contribution in [0, 0.1) is 17.8 Å². The van der Waals surface area contributed by atoms with Gasteiger partial charge in [-0.15, -0.1) is 0 Å². The largest absolute Gasteiger partial charge is 0.371 e. The molecule has 59 heavy (non-hydrogen) atoms. The number of halogens is 2. The maximum absolute atomic E-state index is 15.5. The van der Waals surface area contributed by atoms with Crippen LogP contribution in [0.3, 0.4) is 0 Å². The first kappa shape index (κ1) is 39.0. The van der Waals surface area contributed by atoms with E-state index in [2.05, 4.69) is 37.0 Å². The van der Waals surface area contributed by atoms with Crippen LogP contribution in [0.4, 0.5) is 27.1 Å². The lowest BCUT2D eigenvalue weighted by atomic mass is 9.77. The van der Waals surface area contributed by atoms with Gasteiger partial charge in [0.2, 0.25) is 17.5 Å². The zero-order valence-corrected chi connectivity index (χ0v) is 33.6. The van der Waals surface area contributed by atoms with Crippen molar-refractivity contribution in [1.82, 2.24) is 20.0 Å². The fourth-order valence-corrected chi connectivity index (χ4v) is 10.3. The molecule has 5 fully saturated rings. The summed E-state index contributed by atoms with van der Waals surface area (Å²) in [7, 11) is 0. The van der Waals surface area contributed by atoms with Crippen LogP contribution in [0.5, 0.6) is 0 Å². The van der Waals surface area contributed by atoms with E-state index in [9.17, 15) is 24.0 Å². The van der Waals surface area contributed by atoms with E-state index in [1.807, 2.05) is 40.1 Å². The fourth-order valence-electron chi connectivity index (χ4n) is 10.1. The molecule has 0 radical (unpaired) electrons. The maximum Gasteiger partial charge on any atom is 0.262 e. The van der Waals surface area contributed by atoms with Gasteiger partial charge in [-0.25, -0.2) is 9.24 Å². The van der Waals surface area contributed by atoms with Crippen molar-refractivity contribution in [2.75, 3.05) is 80.1 Å². The summed E-state index contributed by atoms with van der Waals surface area (Å²) < 4.78 is 15.5. The number of carbonyl (C=O) groups is 5. The first-order valence-electron chi connectivity index (χ1n) is 20.6. The van der Waals surface area contributed by atoms with Gasteiger partial charge in [0.1, 0.15) is 11.9 Å². The second-order valence-electron chi connectivity index (χ2n) is 16.8. The van der Waals surface area contributed by atoms with Gasteiger partial charge in [-0.05, 0) is 92.5 Å². The Hall–Kier alpha value is -5.52. The highest BCUT2D eigenvalue weighted by Crippen LogP contribution is 2.44. The molecule has 0 aromatic heterocycles. The number of hydrogen-bond donors (Lipinski definition) is 1. The topological polar surface area (TPSA) is 121 Å². The normalized spacial score (nSPS) is 22.6. The van der Waals surface area contributed by atoms with Crippen molar-refractivity contribution in [2.45, 2.75) is 57.0 Å². The van der Waals surface area contributed by atoms with Crippen molar-refractivity contribution >= 4 is 63.9 Å². The maximum atomic E-state index is 15.5. The average molecular weight is 821 g/mol. The van der Waals surface area contributed by atoms with Gasteiger partial charge in [-0.2, -0.15) is 0 Å². The number of carbonyl (C=O) groups excluding carboxylic acids is 5. The highest BCUT2D eigenvalue weighted by Gasteiger charge is 2.46. The molecule has 13 nitrogen and oxygen atoms in total. The van der Waals surface area contributed by atoms with E-state index in [-0.39, 0.29) is 47.0 Å². The molecule has 6 heterocycles. The van der Waals surface area contributed by atoms with Crippen LogP contribution in [0.2, 0.25) is 5.02 Å². The minimum Gasteiger partial charge on any atom is -0.371 e. The molecule has 0 saturated carbocycles.